The zero-order chi connectivity index (χ0) is 12.3. The summed E-state index contributed by atoms with van der Waals surface area (Å²) in [4.78, 5) is 0. The number of rotatable bonds is 4. The highest BCUT2D eigenvalue weighted by Gasteiger charge is 2.19. The van der Waals surface area contributed by atoms with Crippen molar-refractivity contribution in [2.45, 2.75) is 26.2 Å². The SMILES string of the molecule is CC(C)C(CCCl)c1ccc2c(c1)OCCO2. The van der Waals surface area contributed by atoms with Crippen LogP contribution in [0.4, 0.5) is 0 Å². The monoisotopic (exact) mass is 254 g/mol. The van der Waals surface area contributed by atoms with Gasteiger partial charge in [-0.3, -0.25) is 0 Å². The fraction of sp³-hybridized carbons (Fsp3) is 0.571. The lowest BCUT2D eigenvalue weighted by atomic mass is 9.86. The first-order valence-corrected chi connectivity index (χ1v) is 6.71. The van der Waals surface area contributed by atoms with E-state index in [0.29, 0.717) is 30.9 Å². The third kappa shape index (κ3) is 2.86. The molecule has 1 aliphatic heterocycles. The van der Waals surface area contributed by atoms with Gasteiger partial charge in [-0.25, -0.2) is 0 Å². The Hall–Kier alpha value is -0.890. The molecule has 0 radical (unpaired) electrons. The first kappa shape index (κ1) is 12.6. The maximum atomic E-state index is 5.88. The van der Waals surface area contributed by atoms with Crippen LogP contribution in [0, 0.1) is 5.92 Å². The molecule has 1 heterocycles. The molecule has 0 spiro atoms. The van der Waals surface area contributed by atoms with Crippen LogP contribution in [0.5, 0.6) is 11.5 Å². The highest BCUT2D eigenvalue weighted by atomic mass is 35.5. The summed E-state index contributed by atoms with van der Waals surface area (Å²) in [6.45, 7) is 5.74. The van der Waals surface area contributed by atoms with Crippen LogP contribution in [0.15, 0.2) is 18.2 Å². The van der Waals surface area contributed by atoms with Crippen molar-refractivity contribution in [2.75, 3.05) is 19.1 Å². The van der Waals surface area contributed by atoms with Gasteiger partial charge in [0.2, 0.25) is 0 Å². The largest absolute Gasteiger partial charge is 0.486 e. The van der Waals surface area contributed by atoms with Crippen LogP contribution in [-0.4, -0.2) is 19.1 Å². The number of halogens is 1. The number of hydrogen-bond donors (Lipinski definition) is 0. The van der Waals surface area contributed by atoms with E-state index in [9.17, 15) is 0 Å². The number of ether oxygens (including phenoxy) is 2. The Morgan fingerprint density at radius 1 is 1.18 bits per heavy atom. The molecule has 17 heavy (non-hydrogen) atoms. The molecule has 0 saturated carbocycles. The van der Waals surface area contributed by atoms with Crippen molar-refractivity contribution in [2.24, 2.45) is 5.92 Å². The molecule has 0 saturated heterocycles. The van der Waals surface area contributed by atoms with Gasteiger partial charge in [0.25, 0.3) is 0 Å². The van der Waals surface area contributed by atoms with Crippen LogP contribution < -0.4 is 9.47 Å². The van der Waals surface area contributed by atoms with E-state index in [1.54, 1.807) is 0 Å². The lowest BCUT2D eigenvalue weighted by Crippen LogP contribution is -2.16. The minimum Gasteiger partial charge on any atom is -0.486 e. The lowest BCUT2D eigenvalue weighted by Gasteiger charge is -2.24. The second-order valence-corrected chi connectivity index (χ2v) is 5.11. The minimum absolute atomic E-state index is 0.489. The molecule has 0 N–H and O–H groups in total. The second kappa shape index (κ2) is 5.63. The predicted octanol–water partition coefficient (Wildman–Crippen LogP) is 3.83. The summed E-state index contributed by atoms with van der Waals surface area (Å²) in [7, 11) is 0. The maximum absolute atomic E-state index is 5.88. The molecule has 1 aromatic rings. The first-order chi connectivity index (χ1) is 8.22. The number of alkyl halides is 1. The molecule has 0 aromatic heterocycles. The minimum atomic E-state index is 0.489. The van der Waals surface area contributed by atoms with E-state index < -0.39 is 0 Å². The molecule has 1 atom stereocenters. The molecule has 2 rings (SSSR count). The first-order valence-electron chi connectivity index (χ1n) is 6.18. The topological polar surface area (TPSA) is 18.5 Å². The smallest absolute Gasteiger partial charge is 0.161 e. The molecular formula is C14H19ClO2. The number of fused-ring (bicyclic) bond motifs is 1. The van der Waals surface area contributed by atoms with Gasteiger partial charge in [-0.15, -0.1) is 11.6 Å². The van der Waals surface area contributed by atoms with Gasteiger partial charge in [0, 0.05) is 5.88 Å². The summed E-state index contributed by atoms with van der Waals surface area (Å²) < 4.78 is 11.1. The van der Waals surface area contributed by atoms with Crippen LogP contribution in [0.25, 0.3) is 0 Å². The van der Waals surface area contributed by atoms with Gasteiger partial charge in [-0.2, -0.15) is 0 Å². The van der Waals surface area contributed by atoms with Crippen molar-refractivity contribution in [3.63, 3.8) is 0 Å². The van der Waals surface area contributed by atoms with Crippen molar-refractivity contribution in [1.29, 1.82) is 0 Å². The van der Waals surface area contributed by atoms with Crippen molar-refractivity contribution in [3.8, 4) is 11.5 Å². The molecule has 1 aliphatic rings. The molecule has 0 fully saturated rings. The van der Waals surface area contributed by atoms with Crippen LogP contribution in [-0.2, 0) is 0 Å². The van der Waals surface area contributed by atoms with Gasteiger partial charge in [-0.1, -0.05) is 19.9 Å². The van der Waals surface area contributed by atoms with E-state index in [2.05, 4.69) is 26.0 Å². The predicted molar refractivity (Wildman–Crippen MR) is 70.3 cm³/mol. The molecule has 0 aliphatic carbocycles. The van der Waals surface area contributed by atoms with Crippen LogP contribution >= 0.6 is 11.6 Å². The van der Waals surface area contributed by atoms with Gasteiger partial charge < -0.3 is 9.47 Å². The van der Waals surface area contributed by atoms with Gasteiger partial charge in [0.05, 0.1) is 0 Å². The Morgan fingerprint density at radius 3 is 2.53 bits per heavy atom. The zero-order valence-electron chi connectivity index (χ0n) is 10.4. The summed E-state index contributed by atoms with van der Waals surface area (Å²) in [6.07, 6.45) is 0.999. The Labute approximate surface area is 108 Å². The summed E-state index contributed by atoms with van der Waals surface area (Å²) in [5, 5.41) is 0. The van der Waals surface area contributed by atoms with Gasteiger partial charge in [-0.05, 0) is 36.0 Å². The quantitative estimate of drug-likeness (QED) is 0.761. The second-order valence-electron chi connectivity index (χ2n) is 4.73. The Bertz CT molecular complexity index is 376. The molecule has 1 unspecified atom stereocenters. The van der Waals surface area contributed by atoms with E-state index >= 15 is 0 Å². The number of benzene rings is 1. The Kier molecular flexibility index (Phi) is 4.16. The molecule has 0 amide bonds. The highest BCUT2D eigenvalue weighted by molar-refractivity contribution is 6.17. The van der Waals surface area contributed by atoms with Crippen LogP contribution in [0.2, 0.25) is 0 Å². The van der Waals surface area contributed by atoms with Gasteiger partial charge in [0.15, 0.2) is 11.5 Å². The molecule has 2 nitrogen and oxygen atoms in total. The van der Waals surface area contributed by atoms with E-state index in [1.165, 1.54) is 5.56 Å². The molecular weight excluding hydrogens is 236 g/mol. The van der Waals surface area contributed by atoms with Crippen molar-refractivity contribution in [3.05, 3.63) is 23.8 Å². The molecule has 1 aromatic carbocycles. The summed E-state index contributed by atoms with van der Waals surface area (Å²) >= 11 is 5.88. The molecule has 94 valence electrons. The summed E-state index contributed by atoms with van der Waals surface area (Å²) in [5.41, 5.74) is 1.30. The average molecular weight is 255 g/mol. The maximum Gasteiger partial charge on any atom is 0.161 e. The van der Waals surface area contributed by atoms with Crippen LogP contribution in [0.3, 0.4) is 0 Å². The van der Waals surface area contributed by atoms with E-state index in [1.807, 2.05) is 6.07 Å². The fourth-order valence-corrected chi connectivity index (χ4v) is 2.53. The van der Waals surface area contributed by atoms with Crippen molar-refractivity contribution in [1.82, 2.24) is 0 Å². The third-order valence-corrected chi connectivity index (χ3v) is 3.44. The fourth-order valence-electron chi connectivity index (χ4n) is 2.29. The van der Waals surface area contributed by atoms with Crippen molar-refractivity contribution < 1.29 is 9.47 Å². The lowest BCUT2D eigenvalue weighted by molar-refractivity contribution is 0.171. The van der Waals surface area contributed by atoms with Crippen LogP contribution in [0.1, 0.15) is 31.7 Å². The van der Waals surface area contributed by atoms with E-state index in [4.69, 9.17) is 21.1 Å². The van der Waals surface area contributed by atoms with E-state index in [0.717, 1.165) is 17.9 Å². The average Bonchev–Trinajstić information content (AvgIpc) is 2.35. The normalized spacial score (nSPS) is 16.0. The van der Waals surface area contributed by atoms with Crippen molar-refractivity contribution >= 4 is 11.6 Å². The standard InChI is InChI=1S/C14H19ClO2/c1-10(2)12(5-6-15)11-3-4-13-14(9-11)17-8-7-16-13/h3-4,9-10,12H,5-8H2,1-2H3. The summed E-state index contributed by atoms with van der Waals surface area (Å²) in [5.74, 6) is 3.49. The Balaban J connectivity index is 2.25. The Morgan fingerprint density at radius 2 is 1.88 bits per heavy atom. The molecule has 0 bridgehead atoms. The zero-order valence-corrected chi connectivity index (χ0v) is 11.2. The van der Waals surface area contributed by atoms with Gasteiger partial charge in [0.1, 0.15) is 13.2 Å². The summed E-state index contributed by atoms with van der Waals surface area (Å²) in [6, 6.07) is 6.24. The third-order valence-electron chi connectivity index (χ3n) is 3.22. The molecule has 3 heteroatoms. The van der Waals surface area contributed by atoms with Gasteiger partial charge >= 0.3 is 0 Å². The van der Waals surface area contributed by atoms with E-state index in [-0.39, 0.29) is 0 Å². The highest BCUT2D eigenvalue weighted by Crippen LogP contribution is 2.36. The number of hydrogen-bond acceptors (Lipinski definition) is 2.